The lowest BCUT2D eigenvalue weighted by Crippen LogP contribution is -2.52. The van der Waals surface area contributed by atoms with E-state index in [0.717, 1.165) is 23.4 Å². The molecule has 2 aromatic carbocycles. The molecule has 3 aromatic rings. The maximum atomic E-state index is 13.7. The van der Waals surface area contributed by atoms with E-state index in [9.17, 15) is 22.4 Å². The van der Waals surface area contributed by atoms with Crippen molar-refractivity contribution in [2.45, 2.75) is 24.4 Å². The lowest BCUT2D eigenvalue weighted by Gasteiger charge is -2.41. The van der Waals surface area contributed by atoms with E-state index in [1.807, 2.05) is 6.07 Å². The van der Waals surface area contributed by atoms with Gasteiger partial charge in [-0.15, -0.1) is 0 Å². The summed E-state index contributed by atoms with van der Waals surface area (Å²) in [5.74, 6) is -0.637. The Hall–Kier alpha value is -3.40. The van der Waals surface area contributed by atoms with Crippen LogP contribution in [0.1, 0.15) is 35.1 Å². The van der Waals surface area contributed by atoms with Crippen molar-refractivity contribution >= 4 is 6.03 Å². The molecule has 2 saturated heterocycles. The molecule has 1 aromatic heterocycles. The number of morpholine rings is 1. The minimum atomic E-state index is -4.41. The molecular formula is C26H26F4N4O2. The summed E-state index contributed by atoms with van der Waals surface area (Å²) >= 11 is 0. The Balaban J connectivity index is 1.42. The molecule has 6 nitrogen and oxygen atoms in total. The molecule has 2 aliphatic rings. The maximum Gasteiger partial charge on any atom is 0.416 e. The van der Waals surface area contributed by atoms with E-state index in [4.69, 9.17) is 4.74 Å². The number of amides is 2. The molecule has 2 atom stereocenters. The normalized spacial score (nSPS) is 21.0. The second-order valence-corrected chi connectivity index (χ2v) is 9.26. The average Bonchev–Trinajstić information content (AvgIpc) is 3.39. The number of piperidine rings is 1. The monoisotopic (exact) mass is 502 g/mol. The molecule has 0 bridgehead atoms. The van der Waals surface area contributed by atoms with Crippen molar-refractivity contribution in [1.29, 1.82) is 0 Å². The number of alkyl halides is 3. The molecular weight excluding hydrogens is 476 g/mol. The van der Waals surface area contributed by atoms with Gasteiger partial charge in [0.1, 0.15) is 5.82 Å². The lowest BCUT2D eigenvalue weighted by molar-refractivity contribution is -0.137. The molecule has 2 unspecified atom stereocenters. The molecule has 2 amide bonds. The number of hydrogen-bond acceptors (Lipinski definition) is 3. The third kappa shape index (κ3) is 5.23. The van der Waals surface area contributed by atoms with Crippen LogP contribution in [-0.4, -0.2) is 65.4 Å². The second kappa shape index (κ2) is 9.93. The van der Waals surface area contributed by atoms with Crippen LogP contribution in [0.2, 0.25) is 0 Å². The van der Waals surface area contributed by atoms with Crippen LogP contribution < -0.4 is 0 Å². The predicted octanol–water partition coefficient (Wildman–Crippen LogP) is 5.26. The molecule has 0 radical (unpaired) electrons. The molecule has 36 heavy (non-hydrogen) atoms. The van der Waals surface area contributed by atoms with Crippen LogP contribution in [0.15, 0.2) is 54.6 Å². The number of H-pyrrole nitrogens is 1. The van der Waals surface area contributed by atoms with Crippen molar-refractivity contribution in [3.05, 3.63) is 77.2 Å². The van der Waals surface area contributed by atoms with Crippen LogP contribution >= 0.6 is 0 Å². The molecule has 0 saturated carbocycles. The summed E-state index contributed by atoms with van der Waals surface area (Å²) in [6.45, 7) is 2.80. The van der Waals surface area contributed by atoms with E-state index in [1.165, 1.54) is 24.3 Å². The molecule has 5 rings (SSSR count). The van der Waals surface area contributed by atoms with Crippen molar-refractivity contribution < 1.29 is 27.1 Å². The molecule has 10 heteroatoms. The van der Waals surface area contributed by atoms with Gasteiger partial charge in [0.05, 0.1) is 24.5 Å². The summed E-state index contributed by atoms with van der Waals surface area (Å²) in [7, 11) is 0. The minimum Gasteiger partial charge on any atom is -0.378 e. The highest BCUT2D eigenvalue weighted by atomic mass is 19.4. The molecule has 2 fully saturated rings. The lowest BCUT2D eigenvalue weighted by atomic mass is 9.82. The fraction of sp³-hybridized carbons (Fsp3) is 0.385. The van der Waals surface area contributed by atoms with Crippen molar-refractivity contribution in [2.75, 3.05) is 39.4 Å². The third-order valence-electron chi connectivity index (χ3n) is 6.87. The Morgan fingerprint density at radius 2 is 1.69 bits per heavy atom. The highest BCUT2D eigenvalue weighted by molar-refractivity contribution is 5.75. The molecule has 1 N–H and O–H groups in total. The van der Waals surface area contributed by atoms with Crippen molar-refractivity contribution in [3.63, 3.8) is 0 Å². The number of halogens is 4. The van der Waals surface area contributed by atoms with Gasteiger partial charge in [0.2, 0.25) is 0 Å². The first-order valence-electron chi connectivity index (χ1n) is 11.9. The fourth-order valence-corrected chi connectivity index (χ4v) is 4.96. The van der Waals surface area contributed by atoms with Gasteiger partial charge in [-0.25, -0.2) is 9.18 Å². The number of benzene rings is 2. The molecule has 0 spiro atoms. The molecule has 0 aliphatic carbocycles. The van der Waals surface area contributed by atoms with Gasteiger partial charge in [-0.3, -0.25) is 5.10 Å². The van der Waals surface area contributed by atoms with Crippen LogP contribution in [-0.2, 0) is 10.9 Å². The number of urea groups is 1. The van der Waals surface area contributed by atoms with Gasteiger partial charge < -0.3 is 14.5 Å². The zero-order valence-corrected chi connectivity index (χ0v) is 19.5. The average molecular weight is 503 g/mol. The van der Waals surface area contributed by atoms with Gasteiger partial charge in [-0.05, 0) is 42.3 Å². The minimum absolute atomic E-state index is 0.107. The number of ether oxygens (including phenoxy) is 1. The maximum absolute atomic E-state index is 13.7. The van der Waals surface area contributed by atoms with Crippen LogP contribution in [0.4, 0.5) is 22.4 Å². The van der Waals surface area contributed by atoms with Crippen LogP contribution in [0.3, 0.4) is 0 Å². The number of aromatic nitrogens is 2. The number of nitrogens with zero attached hydrogens (tertiary/aromatic N) is 3. The number of hydrogen-bond donors (Lipinski definition) is 1. The van der Waals surface area contributed by atoms with Gasteiger partial charge in [0.25, 0.3) is 0 Å². The summed E-state index contributed by atoms with van der Waals surface area (Å²) in [6, 6.07) is 13.1. The first-order chi connectivity index (χ1) is 17.3. The van der Waals surface area contributed by atoms with Gasteiger partial charge in [0.15, 0.2) is 0 Å². The quantitative estimate of drug-likeness (QED) is 0.497. The van der Waals surface area contributed by atoms with Crippen molar-refractivity contribution in [3.8, 4) is 11.3 Å². The largest absolute Gasteiger partial charge is 0.416 e. The number of likely N-dealkylation sites (tertiary alicyclic amines) is 1. The predicted molar refractivity (Wildman–Crippen MR) is 125 cm³/mol. The Morgan fingerprint density at radius 3 is 2.39 bits per heavy atom. The van der Waals surface area contributed by atoms with E-state index in [2.05, 4.69) is 10.2 Å². The fourth-order valence-electron chi connectivity index (χ4n) is 4.96. The SMILES string of the molecule is O=C(N1CCOCC1)N1CC(c2ccc(C(F)(F)F)cc2)CC(c2cc(-c3cccc(F)c3)n[nH]2)C1. The van der Waals surface area contributed by atoms with Gasteiger partial charge >= 0.3 is 12.2 Å². The number of rotatable bonds is 3. The standard InChI is InChI=1S/C26H26F4N4O2/c27-22-3-1-2-18(13-22)23-14-24(32-31-23)20-12-19(17-4-6-21(7-5-17)26(28,29)30)15-34(16-20)25(35)33-8-10-36-11-9-33/h1-7,13-14,19-20H,8-12,15-16H2,(H,31,32). The zero-order chi connectivity index (χ0) is 25.3. The number of carbonyl (C=O) groups is 1. The van der Waals surface area contributed by atoms with Crippen molar-refractivity contribution in [1.82, 2.24) is 20.0 Å². The van der Waals surface area contributed by atoms with Crippen LogP contribution in [0.25, 0.3) is 11.3 Å². The Bertz CT molecular complexity index is 1210. The van der Waals surface area contributed by atoms with E-state index in [1.54, 1.807) is 21.9 Å². The first kappa shape index (κ1) is 24.3. The number of nitrogens with one attached hydrogen (secondary N) is 1. The number of aromatic amines is 1. The Kier molecular flexibility index (Phi) is 6.70. The summed E-state index contributed by atoms with van der Waals surface area (Å²) in [6.07, 6.45) is -3.78. The van der Waals surface area contributed by atoms with E-state index in [0.29, 0.717) is 57.1 Å². The third-order valence-corrected chi connectivity index (χ3v) is 6.87. The molecule has 190 valence electrons. The molecule has 3 heterocycles. The van der Waals surface area contributed by atoms with Gasteiger partial charge in [0, 0.05) is 49.3 Å². The number of carbonyl (C=O) groups excluding carboxylic acids is 1. The smallest absolute Gasteiger partial charge is 0.378 e. The summed E-state index contributed by atoms with van der Waals surface area (Å²) in [5.41, 5.74) is 2.07. The summed E-state index contributed by atoms with van der Waals surface area (Å²) in [5, 5.41) is 7.39. The van der Waals surface area contributed by atoms with E-state index < -0.39 is 11.7 Å². The van der Waals surface area contributed by atoms with Crippen LogP contribution in [0.5, 0.6) is 0 Å². The van der Waals surface area contributed by atoms with Gasteiger partial charge in [-0.1, -0.05) is 24.3 Å². The van der Waals surface area contributed by atoms with E-state index >= 15 is 0 Å². The first-order valence-corrected chi connectivity index (χ1v) is 11.9. The molecule has 2 aliphatic heterocycles. The highest BCUT2D eigenvalue weighted by Gasteiger charge is 2.36. The zero-order valence-electron chi connectivity index (χ0n) is 19.5. The van der Waals surface area contributed by atoms with Gasteiger partial charge in [-0.2, -0.15) is 18.3 Å². The Morgan fingerprint density at radius 1 is 0.972 bits per heavy atom. The highest BCUT2D eigenvalue weighted by Crippen LogP contribution is 2.38. The van der Waals surface area contributed by atoms with Crippen molar-refractivity contribution in [2.24, 2.45) is 0 Å². The van der Waals surface area contributed by atoms with E-state index in [-0.39, 0.29) is 23.7 Å². The summed E-state index contributed by atoms with van der Waals surface area (Å²) in [4.78, 5) is 16.9. The second-order valence-electron chi connectivity index (χ2n) is 9.26. The Labute approximate surface area is 205 Å². The van der Waals surface area contributed by atoms with Crippen LogP contribution in [0, 0.1) is 5.82 Å². The summed E-state index contributed by atoms with van der Waals surface area (Å²) < 4.78 is 58.3. The topological polar surface area (TPSA) is 61.5 Å².